The van der Waals surface area contributed by atoms with E-state index in [9.17, 15) is 26.7 Å². The molecule has 0 N–H and O–H groups in total. The number of nitrogens with zero attached hydrogens (tertiary/aromatic N) is 1. The predicted octanol–water partition coefficient (Wildman–Crippen LogP) is 3.44. The lowest BCUT2D eigenvalue weighted by molar-refractivity contribution is -0.275. The molecule has 0 aliphatic rings. The Morgan fingerprint density at radius 1 is 1.45 bits per heavy atom. The van der Waals surface area contributed by atoms with Gasteiger partial charge >= 0.3 is 12.3 Å². The second-order valence-corrected chi connectivity index (χ2v) is 3.61. The zero-order valence-electron chi connectivity index (χ0n) is 9.80. The number of aromatic nitrogens is 1. The Morgan fingerprint density at radius 3 is 2.45 bits per heavy atom. The van der Waals surface area contributed by atoms with E-state index >= 15 is 0 Å². The molecule has 1 heterocycles. The zero-order chi connectivity index (χ0) is 15.5. The first kappa shape index (κ1) is 16.4. The Labute approximate surface area is 114 Å². The minimum atomic E-state index is -5.20. The minimum absolute atomic E-state index is 0.506. The van der Waals surface area contributed by atoms with E-state index < -0.39 is 47.2 Å². The highest BCUT2D eigenvalue weighted by molar-refractivity contribution is 6.17. The van der Waals surface area contributed by atoms with Crippen LogP contribution in [0.1, 0.15) is 28.0 Å². The maximum atomic E-state index is 12.8. The van der Waals surface area contributed by atoms with Crippen LogP contribution in [0.3, 0.4) is 0 Å². The van der Waals surface area contributed by atoms with Gasteiger partial charge in [-0.25, -0.2) is 13.6 Å². The van der Waals surface area contributed by atoms with Crippen molar-refractivity contribution in [1.82, 2.24) is 4.98 Å². The van der Waals surface area contributed by atoms with Crippen molar-refractivity contribution < 1.29 is 36.2 Å². The van der Waals surface area contributed by atoms with Gasteiger partial charge in [0.15, 0.2) is 5.75 Å². The van der Waals surface area contributed by atoms with Crippen LogP contribution < -0.4 is 4.74 Å². The number of hydrogen-bond acceptors (Lipinski definition) is 4. The Bertz CT molecular complexity index is 506. The van der Waals surface area contributed by atoms with Crippen LogP contribution in [0.25, 0.3) is 0 Å². The van der Waals surface area contributed by atoms with E-state index in [1.165, 1.54) is 0 Å². The van der Waals surface area contributed by atoms with Gasteiger partial charge in [0.25, 0.3) is 6.43 Å². The van der Waals surface area contributed by atoms with Gasteiger partial charge in [-0.05, 0) is 0 Å². The highest BCUT2D eigenvalue weighted by Crippen LogP contribution is 2.36. The molecule has 0 aliphatic heterocycles. The maximum Gasteiger partial charge on any atom is 0.573 e. The van der Waals surface area contributed by atoms with Gasteiger partial charge in [0.05, 0.1) is 24.2 Å². The summed E-state index contributed by atoms with van der Waals surface area (Å²) in [5.41, 5.74) is -2.59. The number of halogens is 6. The molecule has 0 aromatic carbocycles. The second kappa shape index (κ2) is 6.21. The van der Waals surface area contributed by atoms with E-state index in [4.69, 9.17) is 11.6 Å². The van der Waals surface area contributed by atoms with Crippen molar-refractivity contribution in [3.8, 4) is 5.75 Å². The summed E-state index contributed by atoms with van der Waals surface area (Å²) in [7, 11) is 0.829. The minimum Gasteiger partial charge on any atom is -0.465 e. The van der Waals surface area contributed by atoms with Gasteiger partial charge in [-0.3, -0.25) is 4.98 Å². The van der Waals surface area contributed by atoms with Gasteiger partial charge in [-0.1, -0.05) is 0 Å². The first-order valence-electron chi connectivity index (χ1n) is 4.91. The molecule has 0 atom stereocenters. The number of ether oxygens (including phenoxy) is 2. The van der Waals surface area contributed by atoms with Crippen LogP contribution in [0.5, 0.6) is 5.75 Å². The number of carbonyl (C=O) groups is 1. The number of carbonyl (C=O) groups excluding carboxylic acids is 1. The summed E-state index contributed by atoms with van der Waals surface area (Å²) in [6.45, 7) is 0. The molecule has 1 rings (SSSR count). The quantitative estimate of drug-likeness (QED) is 0.484. The van der Waals surface area contributed by atoms with Gasteiger partial charge in [0.2, 0.25) is 0 Å². The molecule has 0 spiro atoms. The third-order valence-corrected chi connectivity index (χ3v) is 2.36. The summed E-state index contributed by atoms with van der Waals surface area (Å²) in [5, 5.41) is 0. The van der Waals surface area contributed by atoms with Crippen molar-refractivity contribution in [2.45, 2.75) is 18.7 Å². The van der Waals surface area contributed by atoms with E-state index in [2.05, 4.69) is 14.5 Å². The van der Waals surface area contributed by atoms with Crippen molar-refractivity contribution in [2.75, 3.05) is 7.11 Å². The van der Waals surface area contributed by atoms with Crippen molar-refractivity contribution in [3.63, 3.8) is 0 Å². The van der Waals surface area contributed by atoms with Gasteiger partial charge in [-0.15, -0.1) is 24.8 Å². The van der Waals surface area contributed by atoms with Gasteiger partial charge < -0.3 is 9.47 Å². The molecule has 0 fully saturated rings. The molecule has 0 saturated heterocycles. The molecule has 20 heavy (non-hydrogen) atoms. The van der Waals surface area contributed by atoms with Crippen LogP contribution in [-0.2, 0) is 10.6 Å². The van der Waals surface area contributed by atoms with E-state index in [0.717, 1.165) is 7.11 Å². The molecule has 0 aliphatic carbocycles. The maximum absolute atomic E-state index is 12.8. The lowest BCUT2D eigenvalue weighted by Crippen LogP contribution is -2.22. The number of hydrogen-bond donors (Lipinski definition) is 0. The van der Waals surface area contributed by atoms with Crippen LogP contribution in [0, 0.1) is 0 Å². The van der Waals surface area contributed by atoms with E-state index in [1.807, 2.05) is 0 Å². The molecule has 4 nitrogen and oxygen atoms in total. The second-order valence-electron chi connectivity index (χ2n) is 3.34. The molecular formula is C10H7ClF5NO3. The monoisotopic (exact) mass is 319 g/mol. The first-order chi connectivity index (χ1) is 9.21. The summed E-state index contributed by atoms with van der Waals surface area (Å²) >= 11 is 5.36. The standard InChI is InChI=1S/C10H7ClF5NO3/c1-19-9(18)6-4(8(12)13)3-17-5(2-11)7(6)20-10(14,15)16/h3,8H,2H2,1H3. The number of methoxy groups -OCH3 is 1. The van der Waals surface area contributed by atoms with Crippen molar-refractivity contribution in [1.29, 1.82) is 0 Å². The Balaban J connectivity index is 3.55. The predicted molar refractivity (Wildman–Crippen MR) is 56.8 cm³/mol. The first-order valence-corrected chi connectivity index (χ1v) is 5.44. The average molecular weight is 320 g/mol. The van der Waals surface area contributed by atoms with Crippen LogP contribution in [0.2, 0.25) is 0 Å². The molecule has 112 valence electrons. The fourth-order valence-corrected chi connectivity index (χ4v) is 1.54. The highest BCUT2D eigenvalue weighted by atomic mass is 35.5. The van der Waals surface area contributed by atoms with E-state index in [-0.39, 0.29) is 0 Å². The molecular weight excluding hydrogens is 313 g/mol. The highest BCUT2D eigenvalue weighted by Gasteiger charge is 2.37. The van der Waals surface area contributed by atoms with E-state index in [1.54, 1.807) is 0 Å². The number of alkyl halides is 6. The molecule has 0 unspecified atom stereocenters. The van der Waals surface area contributed by atoms with Crippen molar-refractivity contribution in [3.05, 3.63) is 23.0 Å². The number of rotatable bonds is 4. The molecule has 0 saturated carbocycles. The third kappa shape index (κ3) is 3.69. The third-order valence-electron chi connectivity index (χ3n) is 2.11. The van der Waals surface area contributed by atoms with Crippen LogP contribution in [-0.4, -0.2) is 24.4 Å². The summed E-state index contributed by atoms with van der Waals surface area (Å²) in [5.74, 6) is -3.16. The Morgan fingerprint density at radius 2 is 2.05 bits per heavy atom. The molecule has 0 amide bonds. The van der Waals surface area contributed by atoms with Crippen LogP contribution in [0.4, 0.5) is 22.0 Å². The molecule has 1 aromatic rings. The zero-order valence-corrected chi connectivity index (χ0v) is 10.6. The number of pyridine rings is 1. The molecule has 0 radical (unpaired) electrons. The van der Waals surface area contributed by atoms with E-state index in [0.29, 0.717) is 6.20 Å². The molecule has 10 heteroatoms. The fraction of sp³-hybridized carbons (Fsp3) is 0.400. The summed E-state index contributed by atoms with van der Waals surface area (Å²) in [6, 6.07) is 0. The number of esters is 1. The van der Waals surface area contributed by atoms with Crippen LogP contribution >= 0.6 is 11.6 Å². The Kier molecular flexibility index (Phi) is 5.09. The molecule has 0 bridgehead atoms. The summed E-state index contributed by atoms with van der Waals surface area (Å²) < 4.78 is 70.2. The largest absolute Gasteiger partial charge is 0.573 e. The topological polar surface area (TPSA) is 48.4 Å². The molecule has 1 aromatic heterocycles. The summed E-state index contributed by atoms with van der Waals surface area (Å²) in [6.07, 6.45) is -7.89. The van der Waals surface area contributed by atoms with Crippen LogP contribution in [0.15, 0.2) is 6.20 Å². The smallest absolute Gasteiger partial charge is 0.465 e. The fourth-order valence-electron chi connectivity index (χ4n) is 1.34. The van der Waals surface area contributed by atoms with Crippen molar-refractivity contribution >= 4 is 17.6 Å². The summed E-state index contributed by atoms with van der Waals surface area (Å²) in [4.78, 5) is 14.8. The van der Waals surface area contributed by atoms with Gasteiger partial charge in [-0.2, -0.15) is 0 Å². The lowest BCUT2D eigenvalue weighted by Gasteiger charge is -2.17. The average Bonchev–Trinajstić information content (AvgIpc) is 2.35. The normalized spacial score (nSPS) is 11.6. The van der Waals surface area contributed by atoms with Gasteiger partial charge in [0, 0.05) is 6.20 Å². The SMILES string of the molecule is COC(=O)c1c(C(F)F)cnc(CCl)c1OC(F)(F)F. The van der Waals surface area contributed by atoms with Crippen molar-refractivity contribution in [2.24, 2.45) is 0 Å². The lowest BCUT2D eigenvalue weighted by atomic mass is 10.1. The van der Waals surface area contributed by atoms with Gasteiger partial charge in [0.1, 0.15) is 5.56 Å². The Hall–Kier alpha value is -1.64.